The number of benzene rings is 2. The number of aryl methyl sites for hydroxylation is 2. The average Bonchev–Trinajstić information content (AvgIpc) is 2.73. The highest BCUT2D eigenvalue weighted by atomic mass is 16.1. The minimum absolute atomic E-state index is 0.194. The van der Waals surface area contributed by atoms with E-state index in [-0.39, 0.29) is 5.91 Å². The summed E-state index contributed by atoms with van der Waals surface area (Å²) in [6.45, 7) is 4.80. The molecule has 0 aliphatic heterocycles. The molecule has 0 aliphatic carbocycles. The van der Waals surface area contributed by atoms with Crippen LogP contribution in [0.25, 0.3) is 0 Å². The number of nitrogens with zero attached hydrogens (tertiary/aromatic N) is 2. The molecular formula is C22H24N4O. The Labute approximate surface area is 159 Å². The molecule has 2 N–H and O–H groups in total. The number of aromatic nitrogens is 2. The average molecular weight is 360 g/mol. The summed E-state index contributed by atoms with van der Waals surface area (Å²) >= 11 is 0. The minimum Gasteiger partial charge on any atom is -0.350 e. The Balaban J connectivity index is 1.68. The molecule has 2 aromatic carbocycles. The van der Waals surface area contributed by atoms with Gasteiger partial charge in [0.15, 0.2) is 0 Å². The summed E-state index contributed by atoms with van der Waals surface area (Å²) in [4.78, 5) is 21.1. The summed E-state index contributed by atoms with van der Waals surface area (Å²) in [5.74, 6) is 0.304. The molecular weight excluding hydrogens is 336 g/mol. The molecule has 0 spiro atoms. The van der Waals surface area contributed by atoms with Gasteiger partial charge in [-0.2, -0.15) is 0 Å². The molecule has 5 heteroatoms. The molecule has 0 saturated carbocycles. The van der Waals surface area contributed by atoms with E-state index >= 15 is 0 Å². The molecule has 0 unspecified atom stereocenters. The zero-order valence-corrected chi connectivity index (χ0v) is 15.7. The molecule has 5 nitrogen and oxygen atoms in total. The smallest absolute Gasteiger partial charge is 0.258 e. The molecule has 1 heterocycles. The summed E-state index contributed by atoms with van der Waals surface area (Å²) < 4.78 is 0. The molecule has 1 aromatic heterocycles. The van der Waals surface area contributed by atoms with Crippen molar-refractivity contribution in [3.63, 3.8) is 0 Å². The van der Waals surface area contributed by atoms with Gasteiger partial charge in [-0.25, -0.2) is 9.97 Å². The molecule has 0 radical (unpaired) electrons. The second-order valence-corrected chi connectivity index (χ2v) is 6.25. The lowest BCUT2D eigenvalue weighted by Crippen LogP contribution is -2.16. The van der Waals surface area contributed by atoms with Crippen LogP contribution in [-0.4, -0.2) is 15.9 Å². The van der Waals surface area contributed by atoms with Crippen molar-refractivity contribution in [2.24, 2.45) is 0 Å². The van der Waals surface area contributed by atoms with E-state index in [0.29, 0.717) is 18.1 Å². The molecule has 0 atom stereocenters. The van der Waals surface area contributed by atoms with Crippen LogP contribution in [0.1, 0.15) is 40.9 Å². The number of amides is 1. The fraction of sp³-hybridized carbons (Fsp3) is 0.227. The normalized spacial score (nSPS) is 10.4. The third kappa shape index (κ3) is 4.70. The lowest BCUT2D eigenvalue weighted by Gasteiger charge is -2.14. The highest BCUT2D eigenvalue weighted by Crippen LogP contribution is 2.23. The van der Waals surface area contributed by atoms with Gasteiger partial charge in [0.2, 0.25) is 5.95 Å². The molecule has 3 rings (SSSR count). The lowest BCUT2D eigenvalue weighted by molar-refractivity contribution is 0.102. The number of anilines is 2. The first kappa shape index (κ1) is 18.6. The Morgan fingerprint density at radius 1 is 0.889 bits per heavy atom. The van der Waals surface area contributed by atoms with Crippen molar-refractivity contribution < 1.29 is 4.79 Å². The maximum absolute atomic E-state index is 12.6. The lowest BCUT2D eigenvalue weighted by atomic mass is 10.0. The summed E-state index contributed by atoms with van der Waals surface area (Å²) in [6.07, 6.45) is 4.83. The van der Waals surface area contributed by atoms with E-state index in [4.69, 9.17) is 0 Å². The van der Waals surface area contributed by atoms with Gasteiger partial charge in [0.1, 0.15) is 0 Å². The number of hydrogen-bond acceptors (Lipinski definition) is 4. The number of nitrogens with one attached hydrogen (secondary N) is 2. The van der Waals surface area contributed by atoms with Gasteiger partial charge in [-0.1, -0.05) is 62.4 Å². The summed E-state index contributed by atoms with van der Waals surface area (Å²) in [5, 5.41) is 6.19. The molecule has 0 aliphatic rings. The van der Waals surface area contributed by atoms with Crippen molar-refractivity contribution >= 4 is 17.5 Å². The van der Waals surface area contributed by atoms with Gasteiger partial charge in [0.25, 0.3) is 5.91 Å². The zero-order valence-electron chi connectivity index (χ0n) is 15.7. The second kappa shape index (κ2) is 8.94. The van der Waals surface area contributed by atoms with E-state index in [9.17, 15) is 4.79 Å². The van der Waals surface area contributed by atoms with Crippen LogP contribution in [0.15, 0.2) is 60.9 Å². The third-order valence-electron chi connectivity index (χ3n) is 4.44. The van der Waals surface area contributed by atoms with Crippen LogP contribution in [0.4, 0.5) is 11.6 Å². The highest BCUT2D eigenvalue weighted by Gasteiger charge is 2.12. The quantitative estimate of drug-likeness (QED) is 0.652. The number of para-hydroxylation sites is 1. The first-order chi connectivity index (χ1) is 13.2. The van der Waals surface area contributed by atoms with Crippen molar-refractivity contribution in [2.45, 2.75) is 33.2 Å². The monoisotopic (exact) mass is 360 g/mol. The fourth-order valence-electron chi connectivity index (χ4n) is 2.90. The molecule has 3 aromatic rings. The third-order valence-corrected chi connectivity index (χ3v) is 4.44. The van der Waals surface area contributed by atoms with Gasteiger partial charge in [0.05, 0.1) is 5.56 Å². The molecule has 1 amide bonds. The Kier molecular flexibility index (Phi) is 6.15. The van der Waals surface area contributed by atoms with Gasteiger partial charge in [-0.3, -0.25) is 4.79 Å². The number of carbonyl (C=O) groups is 1. The number of hydrogen-bond donors (Lipinski definition) is 2. The van der Waals surface area contributed by atoms with E-state index in [1.54, 1.807) is 12.4 Å². The van der Waals surface area contributed by atoms with E-state index < -0.39 is 0 Å². The van der Waals surface area contributed by atoms with Gasteiger partial charge >= 0.3 is 0 Å². The summed E-state index contributed by atoms with van der Waals surface area (Å²) in [6, 6.07) is 16.1. The Morgan fingerprint density at radius 2 is 1.52 bits per heavy atom. The van der Waals surface area contributed by atoms with Crippen LogP contribution in [0.3, 0.4) is 0 Å². The highest BCUT2D eigenvalue weighted by molar-refractivity contribution is 6.04. The van der Waals surface area contributed by atoms with Crippen molar-refractivity contribution in [2.75, 3.05) is 10.6 Å². The molecule has 0 saturated heterocycles. The van der Waals surface area contributed by atoms with E-state index in [1.165, 1.54) is 0 Å². The van der Waals surface area contributed by atoms with Crippen LogP contribution >= 0.6 is 0 Å². The predicted molar refractivity (Wildman–Crippen MR) is 109 cm³/mol. The van der Waals surface area contributed by atoms with Gasteiger partial charge in [-0.05, 0) is 29.5 Å². The maximum atomic E-state index is 12.6. The largest absolute Gasteiger partial charge is 0.350 e. The minimum atomic E-state index is -0.194. The van der Waals surface area contributed by atoms with Crippen molar-refractivity contribution in [3.05, 3.63) is 83.2 Å². The van der Waals surface area contributed by atoms with Crippen molar-refractivity contribution in [1.29, 1.82) is 0 Å². The second-order valence-electron chi connectivity index (χ2n) is 6.25. The number of carbonyl (C=O) groups excluding carboxylic acids is 1. The SMILES string of the molecule is CCc1cccc(CC)c1NC(=O)c1cnc(NCc2ccccc2)nc1. The Bertz CT molecular complexity index is 870. The fourth-order valence-corrected chi connectivity index (χ4v) is 2.90. The molecule has 0 bridgehead atoms. The maximum Gasteiger partial charge on any atom is 0.258 e. The first-order valence-corrected chi connectivity index (χ1v) is 9.23. The van der Waals surface area contributed by atoms with E-state index in [2.05, 4.69) is 34.4 Å². The van der Waals surface area contributed by atoms with Crippen LogP contribution in [0.5, 0.6) is 0 Å². The molecule has 0 fully saturated rings. The Morgan fingerprint density at radius 3 is 2.11 bits per heavy atom. The first-order valence-electron chi connectivity index (χ1n) is 9.23. The van der Waals surface area contributed by atoms with Gasteiger partial charge < -0.3 is 10.6 Å². The molecule has 27 heavy (non-hydrogen) atoms. The van der Waals surface area contributed by atoms with Crippen LogP contribution < -0.4 is 10.6 Å². The topological polar surface area (TPSA) is 66.9 Å². The van der Waals surface area contributed by atoms with Gasteiger partial charge in [-0.15, -0.1) is 0 Å². The summed E-state index contributed by atoms with van der Waals surface area (Å²) in [5.41, 5.74) is 4.74. The van der Waals surface area contributed by atoms with Crippen LogP contribution in [0.2, 0.25) is 0 Å². The Hall–Kier alpha value is -3.21. The molecule has 138 valence electrons. The number of rotatable bonds is 7. The van der Waals surface area contributed by atoms with Crippen LogP contribution in [-0.2, 0) is 19.4 Å². The van der Waals surface area contributed by atoms with Crippen molar-refractivity contribution in [1.82, 2.24) is 9.97 Å². The van der Waals surface area contributed by atoms with E-state index in [0.717, 1.165) is 35.2 Å². The predicted octanol–water partition coefficient (Wildman–Crippen LogP) is 4.47. The van der Waals surface area contributed by atoms with Crippen LogP contribution in [0, 0.1) is 0 Å². The zero-order chi connectivity index (χ0) is 19.1. The van der Waals surface area contributed by atoms with Gasteiger partial charge in [0, 0.05) is 24.6 Å². The summed E-state index contributed by atoms with van der Waals surface area (Å²) in [7, 11) is 0. The standard InChI is InChI=1S/C22H24N4O/c1-3-17-11-8-12-18(4-2)20(17)26-21(27)19-14-24-22(25-15-19)23-13-16-9-6-5-7-10-16/h5-12,14-15H,3-4,13H2,1-2H3,(H,26,27)(H,23,24,25). The van der Waals surface area contributed by atoms with Crippen molar-refractivity contribution in [3.8, 4) is 0 Å². The van der Waals surface area contributed by atoms with E-state index in [1.807, 2.05) is 48.5 Å².